The molecule has 2 aromatic carbocycles. The van der Waals surface area contributed by atoms with E-state index in [4.69, 9.17) is 5.73 Å². The van der Waals surface area contributed by atoms with E-state index < -0.39 is 0 Å². The number of aryl methyl sites for hydroxylation is 1. The van der Waals surface area contributed by atoms with Crippen LogP contribution in [0, 0.1) is 6.92 Å². The average molecular weight is 220 g/mol. The molecular weight excluding hydrogens is 206 g/mol. The standard InChI is InChI=1S/C13H13N.ClH/c1-10-6-5-9-12(13(10)14)11-7-3-2-4-8-11;/h2-9H,14H2,1H3;1H. The highest BCUT2D eigenvalue weighted by atomic mass is 35.5. The first kappa shape index (κ1) is 11.6. The van der Waals surface area contributed by atoms with Crippen molar-refractivity contribution in [2.45, 2.75) is 6.92 Å². The topological polar surface area (TPSA) is 26.0 Å². The number of halogens is 1. The molecule has 0 saturated carbocycles. The van der Waals surface area contributed by atoms with Crippen LogP contribution in [0.15, 0.2) is 48.5 Å². The van der Waals surface area contributed by atoms with Crippen molar-refractivity contribution in [1.29, 1.82) is 0 Å². The molecule has 0 aliphatic carbocycles. The third-order valence-corrected chi connectivity index (χ3v) is 2.41. The van der Waals surface area contributed by atoms with E-state index in [9.17, 15) is 0 Å². The molecule has 0 spiro atoms. The molecule has 0 aromatic heterocycles. The minimum absolute atomic E-state index is 0. The lowest BCUT2D eigenvalue weighted by Crippen LogP contribution is -1.92. The maximum Gasteiger partial charge on any atom is 0.0423 e. The quantitative estimate of drug-likeness (QED) is 0.728. The van der Waals surface area contributed by atoms with E-state index in [1.54, 1.807) is 0 Å². The second kappa shape index (κ2) is 4.85. The summed E-state index contributed by atoms with van der Waals surface area (Å²) in [6, 6.07) is 16.3. The molecule has 0 atom stereocenters. The highest BCUT2D eigenvalue weighted by molar-refractivity contribution is 5.85. The molecule has 0 radical (unpaired) electrons. The van der Waals surface area contributed by atoms with Crippen molar-refractivity contribution in [3.63, 3.8) is 0 Å². The van der Waals surface area contributed by atoms with Crippen molar-refractivity contribution in [2.24, 2.45) is 0 Å². The summed E-state index contributed by atoms with van der Waals surface area (Å²) in [7, 11) is 0. The van der Waals surface area contributed by atoms with Crippen LogP contribution in [0.3, 0.4) is 0 Å². The van der Waals surface area contributed by atoms with Crippen LogP contribution in [-0.2, 0) is 0 Å². The van der Waals surface area contributed by atoms with Gasteiger partial charge >= 0.3 is 0 Å². The van der Waals surface area contributed by atoms with Gasteiger partial charge < -0.3 is 5.73 Å². The van der Waals surface area contributed by atoms with Gasteiger partial charge in [-0.3, -0.25) is 0 Å². The molecular formula is C13H14ClN. The normalized spacial score (nSPS) is 9.40. The van der Waals surface area contributed by atoms with Crippen LogP contribution in [0.1, 0.15) is 5.56 Å². The van der Waals surface area contributed by atoms with Gasteiger partial charge in [-0.25, -0.2) is 0 Å². The Bertz CT molecular complexity index is 438. The number of anilines is 1. The Labute approximate surface area is 96.3 Å². The summed E-state index contributed by atoms with van der Waals surface area (Å²) in [4.78, 5) is 0. The Morgan fingerprint density at radius 2 is 1.53 bits per heavy atom. The zero-order chi connectivity index (χ0) is 9.97. The molecule has 2 heteroatoms. The number of hydrogen-bond acceptors (Lipinski definition) is 1. The maximum absolute atomic E-state index is 6.01. The van der Waals surface area contributed by atoms with E-state index in [1.807, 2.05) is 37.3 Å². The Kier molecular flexibility index (Phi) is 3.75. The number of benzene rings is 2. The van der Waals surface area contributed by atoms with Crippen LogP contribution >= 0.6 is 12.4 Å². The van der Waals surface area contributed by atoms with Gasteiger partial charge in [0.2, 0.25) is 0 Å². The SMILES string of the molecule is Cc1cccc(-c2ccccc2)c1N.Cl. The molecule has 0 saturated heterocycles. The van der Waals surface area contributed by atoms with Crippen molar-refractivity contribution in [3.8, 4) is 11.1 Å². The summed E-state index contributed by atoms with van der Waals surface area (Å²) in [5.41, 5.74) is 10.3. The van der Waals surface area contributed by atoms with E-state index in [1.165, 1.54) is 5.56 Å². The van der Waals surface area contributed by atoms with Gasteiger partial charge in [0.05, 0.1) is 0 Å². The molecule has 2 aromatic rings. The van der Waals surface area contributed by atoms with E-state index in [0.717, 1.165) is 16.8 Å². The molecule has 2 N–H and O–H groups in total. The van der Waals surface area contributed by atoms with Crippen molar-refractivity contribution >= 4 is 18.1 Å². The zero-order valence-corrected chi connectivity index (χ0v) is 9.42. The Morgan fingerprint density at radius 3 is 2.20 bits per heavy atom. The highest BCUT2D eigenvalue weighted by Gasteiger charge is 2.02. The molecule has 0 aliphatic rings. The van der Waals surface area contributed by atoms with Crippen LogP contribution in [0.4, 0.5) is 5.69 Å². The van der Waals surface area contributed by atoms with Crippen molar-refractivity contribution < 1.29 is 0 Å². The molecule has 0 amide bonds. The summed E-state index contributed by atoms with van der Waals surface area (Å²) < 4.78 is 0. The van der Waals surface area contributed by atoms with Crippen LogP contribution in [0.5, 0.6) is 0 Å². The third-order valence-electron chi connectivity index (χ3n) is 2.41. The first-order chi connectivity index (χ1) is 6.79. The molecule has 0 aliphatic heterocycles. The van der Waals surface area contributed by atoms with Gasteiger partial charge in [0.25, 0.3) is 0 Å². The Morgan fingerprint density at radius 1 is 0.867 bits per heavy atom. The largest absolute Gasteiger partial charge is 0.398 e. The fourth-order valence-electron chi connectivity index (χ4n) is 1.55. The van der Waals surface area contributed by atoms with Crippen molar-refractivity contribution in [3.05, 3.63) is 54.1 Å². The summed E-state index contributed by atoms with van der Waals surface area (Å²) in [6.07, 6.45) is 0. The van der Waals surface area contributed by atoms with Crippen LogP contribution in [-0.4, -0.2) is 0 Å². The summed E-state index contributed by atoms with van der Waals surface area (Å²) in [5.74, 6) is 0. The minimum atomic E-state index is 0. The second-order valence-corrected chi connectivity index (χ2v) is 3.40. The minimum Gasteiger partial charge on any atom is -0.398 e. The first-order valence-electron chi connectivity index (χ1n) is 4.69. The van der Waals surface area contributed by atoms with Crippen LogP contribution < -0.4 is 5.73 Å². The molecule has 2 rings (SSSR count). The Hall–Kier alpha value is -1.47. The van der Waals surface area contributed by atoms with Gasteiger partial charge in [0.15, 0.2) is 0 Å². The summed E-state index contributed by atoms with van der Waals surface area (Å²) >= 11 is 0. The van der Waals surface area contributed by atoms with E-state index in [-0.39, 0.29) is 12.4 Å². The number of hydrogen-bond donors (Lipinski definition) is 1. The van der Waals surface area contributed by atoms with Gasteiger partial charge in [-0.15, -0.1) is 12.4 Å². The number of rotatable bonds is 1. The second-order valence-electron chi connectivity index (χ2n) is 3.40. The van der Waals surface area contributed by atoms with E-state index in [2.05, 4.69) is 18.2 Å². The predicted molar refractivity (Wildman–Crippen MR) is 68.3 cm³/mol. The molecule has 0 unspecified atom stereocenters. The van der Waals surface area contributed by atoms with E-state index in [0.29, 0.717) is 0 Å². The smallest absolute Gasteiger partial charge is 0.0423 e. The lowest BCUT2D eigenvalue weighted by atomic mass is 10.0. The fraction of sp³-hybridized carbons (Fsp3) is 0.0769. The number of para-hydroxylation sites is 1. The molecule has 15 heavy (non-hydrogen) atoms. The molecule has 0 heterocycles. The van der Waals surface area contributed by atoms with Gasteiger partial charge in [0.1, 0.15) is 0 Å². The Balaban J connectivity index is 0.00000112. The maximum atomic E-state index is 6.01. The number of nitrogen functional groups attached to an aromatic ring is 1. The van der Waals surface area contributed by atoms with Gasteiger partial charge in [-0.2, -0.15) is 0 Å². The molecule has 0 bridgehead atoms. The first-order valence-corrected chi connectivity index (χ1v) is 4.69. The zero-order valence-electron chi connectivity index (χ0n) is 8.60. The molecule has 0 fully saturated rings. The number of nitrogens with two attached hydrogens (primary N) is 1. The van der Waals surface area contributed by atoms with E-state index >= 15 is 0 Å². The van der Waals surface area contributed by atoms with Gasteiger partial charge in [-0.05, 0) is 18.1 Å². The van der Waals surface area contributed by atoms with Crippen LogP contribution in [0.25, 0.3) is 11.1 Å². The van der Waals surface area contributed by atoms with Crippen molar-refractivity contribution in [1.82, 2.24) is 0 Å². The average Bonchev–Trinajstić information content (AvgIpc) is 2.23. The summed E-state index contributed by atoms with van der Waals surface area (Å²) in [5, 5.41) is 0. The predicted octanol–water partition coefficient (Wildman–Crippen LogP) is 3.67. The lowest BCUT2D eigenvalue weighted by molar-refractivity contribution is 1.46. The molecule has 78 valence electrons. The molecule has 1 nitrogen and oxygen atoms in total. The lowest BCUT2D eigenvalue weighted by Gasteiger charge is -2.07. The van der Waals surface area contributed by atoms with Gasteiger partial charge in [0, 0.05) is 11.3 Å². The fourth-order valence-corrected chi connectivity index (χ4v) is 1.55. The highest BCUT2D eigenvalue weighted by Crippen LogP contribution is 2.27. The summed E-state index contributed by atoms with van der Waals surface area (Å²) in [6.45, 7) is 2.03. The van der Waals surface area contributed by atoms with Gasteiger partial charge in [-0.1, -0.05) is 48.5 Å². The van der Waals surface area contributed by atoms with Crippen molar-refractivity contribution in [2.75, 3.05) is 5.73 Å². The monoisotopic (exact) mass is 219 g/mol. The van der Waals surface area contributed by atoms with Crippen LogP contribution in [0.2, 0.25) is 0 Å². The third kappa shape index (κ3) is 2.31.